The van der Waals surface area contributed by atoms with Gasteiger partial charge in [-0.2, -0.15) is 0 Å². The second kappa shape index (κ2) is 8.21. The van der Waals surface area contributed by atoms with Crippen LogP contribution in [0.2, 0.25) is 0 Å². The highest BCUT2D eigenvalue weighted by atomic mass is 14.2. The van der Waals surface area contributed by atoms with Gasteiger partial charge in [0.25, 0.3) is 0 Å². The Morgan fingerprint density at radius 3 is 1.20 bits per heavy atom. The van der Waals surface area contributed by atoms with Gasteiger partial charge in [0.2, 0.25) is 0 Å². The topological polar surface area (TPSA) is 0 Å². The maximum atomic E-state index is 2.49. The van der Waals surface area contributed by atoms with Crippen molar-refractivity contribution in [1.29, 1.82) is 0 Å². The molecule has 0 heterocycles. The molecule has 0 heteroatoms. The molecule has 0 bridgehead atoms. The maximum absolute atomic E-state index is 2.49. The van der Waals surface area contributed by atoms with Crippen molar-refractivity contribution in [1.82, 2.24) is 0 Å². The third-order valence-electron chi connectivity index (χ3n) is 5.60. The Kier molecular flexibility index (Phi) is 6.49. The average Bonchev–Trinajstić information content (AvgIpc) is 2.53. The zero-order chi connectivity index (χ0) is 18.7. The van der Waals surface area contributed by atoms with E-state index in [9.17, 15) is 0 Å². The lowest BCUT2D eigenvalue weighted by atomic mass is 9.80. The first kappa shape index (κ1) is 19.8. The quantitative estimate of drug-likeness (QED) is 0.446. The van der Waals surface area contributed by atoms with Gasteiger partial charge in [-0.1, -0.05) is 56.7 Å². The van der Waals surface area contributed by atoms with Crippen LogP contribution < -0.4 is 0 Å². The molecule has 0 aromatic carbocycles. The molecule has 2 aliphatic rings. The summed E-state index contributed by atoms with van der Waals surface area (Å²) in [5, 5.41) is 0. The molecule has 0 radical (unpaired) electrons. The maximum Gasteiger partial charge on any atom is -0.00621 e. The molecule has 0 unspecified atom stereocenters. The number of hydrogen-bond acceptors (Lipinski definition) is 0. The van der Waals surface area contributed by atoms with Gasteiger partial charge in [0.1, 0.15) is 0 Å². The van der Waals surface area contributed by atoms with Crippen molar-refractivity contribution in [2.45, 2.75) is 87.5 Å². The molecular formula is C25H36. The van der Waals surface area contributed by atoms with Gasteiger partial charge < -0.3 is 0 Å². The Hall–Kier alpha value is -1.56. The standard InChI is InChI=1S/C25H36/c1-16(2)22-10-20(11-23(14-22)17(3)4)9-21-12-24(18(5)6)15-25(13-21)19(7)8/h10,12H,9,11,13-15H2,1-8H3. The van der Waals surface area contributed by atoms with Crippen LogP contribution >= 0.6 is 0 Å². The van der Waals surface area contributed by atoms with E-state index in [4.69, 9.17) is 0 Å². The van der Waals surface area contributed by atoms with Gasteiger partial charge in [0.05, 0.1) is 0 Å². The summed E-state index contributed by atoms with van der Waals surface area (Å²) in [5.74, 6) is 0. The van der Waals surface area contributed by atoms with E-state index in [0.29, 0.717) is 0 Å². The SMILES string of the molecule is CC(C)=C1C=C(CC2=CC(=C(C)C)CC(=C(C)C)C2)CC(=C(C)C)C1. The van der Waals surface area contributed by atoms with E-state index < -0.39 is 0 Å². The molecule has 2 rings (SSSR count). The molecule has 0 saturated carbocycles. The van der Waals surface area contributed by atoms with Crippen molar-refractivity contribution >= 4 is 0 Å². The Bertz CT molecular complexity index is 659. The molecule has 0 atom stereocenters. The van der Waals surface area contributed by atoms with Gasteiger partial charge in [-0.3, -0.25) is 0 Å². The zero-order valence-corrected chi connectivity index (χ0v) is 17.7. The van der Waals surface area contributed by atoms with Crippen LogP contribution in [-0.4, -0.2) is 0 Å². The van der Waals surface area contributed by atoms with Crippen LogP contribution in [0.4, 0.5) is 0 Å². The Morgan fingerprint density at radius 2 is 0.920 bits per heavy atom. The summed E-state index contributed by atoms with van der Waals surface area (Å²) >= 11 is 0. The van der Waals surface area contributed by atoms with Gasteiger partial charge in [-0.15, -0.1) is 0 Å². The lowest BCUT2D eigenvalue weighted by Gasteiger charge is -2.25. The highest BCUT2D eigenvalue weighted by Gasteiger charge is 2.19. The molecule has 0 saturated heterocycles. The average molecular weight is 337 g/mol. The van der Waals surface area contributed by atoms with Gasteiger partial charge in [0, 0.05) is 0 Å². The lowest BCUT2D eigenvalue weighted by molar-refractivity contribution is 0.847. The Balaban J connectivity index is 2.36. The fourth-order valence-corrected chi connectivity index (χ4v) is 3.70. The molecular weight excluding hydrogens is 300 g/mol. The Morgan fingerprint density at radius 1 is 0.560 bits per heavy atom. The molecule has 0 aliphatic heterocycles. The molecule has 0 amide bonds. The fourth-order valence-electron chi connectivity index (χ4n) is 3.70. The van der Waals surface area contributed by atoms with E-state index in [0.717, 1.165) is 32.1 Å². The third-order valence-corrected chi connectivity index (χ3v) is 5.60. The first-order chi connectivity index (χ1) is 11.7. The van der Waals surface area contributed by atoms with Crippen LogP contribution in [0.15, 0.2) is 67.9 Å². The van der Waals surface area contributed by atoms with Crippen LogP contribution in [0.3, 0.4) is 0 Å². The first-order valence-electron chi connectivity index (χ1n) is 9.69. The minimum Gasteiger partial charge on any atom is -0.0766 e. The lowest BCUT2D eigenvalue weighted by Crippen LogP contribution is -2.06. The molecule has 0 nitrogen and oxygen atoms in total. The molecule has 136 valence electrons. The van der Waals surface area contributed by atoms with Gasteiger partial charge >= 0.3 is 0 Å². The van der Waals surface area contributed by atoms with E-state index in [1.807, 2.05) is 0 Å². The van der Waals surface area contributed by atoms with E-state index in [1.54, 1.807) is 22.3 Å². The second-order valence-corrected chi connectivity index (χ2v) is 8.75. The summed E-state index contributed by atoms with van der Waals surface area (Å²) < 4.78 is 0. The first-order valence-corrected chi connectivity index (χ1v) is 9.69. The predicted octanol–water partition coefficient (Wildman–Crippen LogP) is 8.16. The Labute approximate surface area is 155 Å². The predicted molar refractivity (Wildman–Crippen MR) is 113 cm³/mol. The highest BCUT2D eigenvalue weighted by molar-refractivity contribution is 5.45. The van der Waals surface area contributed by atoms with Crippen LogP contribution in [0, 0.1) is 0 Å². The van der Waals surface area contributed by atoms with Crippen molar-refractivity contribution in [2.24, 2.45) is 0 Å². The van der Waals surface area contributed by atoms with Crippen molar-refractivity contribution in [3.8, 4) is 0 Å². The number of allylic oxidation sites excluding steroid dienone is 12. The fraction of sp³-hybridized carbons (Fsp3) is 0.520. The normalized spacial score (nSPS) is 18.1. The van der Waals surface area contributed by atoms with Crippen LogP contribution in [0.5, 0.6) is 0 Å². The minimum atomic E-state index is 1.13. The van der Waals surface area contributed by atoms with Crippen LogP contribution in [0.25, 0.3) is 0 Å². The van der Waals surface area contributed by atoms with E-state index in [1.165, 1.54) is 33.4 Å². The number of rotatable bonds is 2. The highest BCUT2D eigenvalue weighted by Crippen LogP contribution is 2.38. The summed E-state index contributed by atoms with van der Waals surface area (Å²) in [5.41, 5.74) is 15.4. The van der Waals surface area contributed by atoms with Crippen LogP contribution in [-0.2, 0) is 0 Å². The van der Waals surface area contributed by atoms with E-state index in [2.05, 4.69) is 67.5 Å². The summed E-state index contributed by atoms with van der Waals surface area (Å²) in [6.07, 6.45) is 10.7. The monoisotopic (exact) mass is 336 g/mol. The molecule has 0 N–H and O–H groups in total. The van der Waals surface area contributed by atoms with Crippen molar-refractivity contribution in [3.05, 3.63) is 67.9 Å². The zero-order valence-electron chi connectivity index (χ0n) is 17.7. The molecule has 0 aromatic rings. The van der Waals surface area contributed by atoms with Crippen molar-refractivity contribution in [3.63, 3.8) is 0 Å². The molecule has 0 aromatic heterocycles. The summed E-state index contributed by atoms with van der Waals surface area (Å²) in [7, 11) is 0. The summed E-state index contributed by atoms with van der Waals surface area (Å²) in [4.78, 5) is 0. The van der Waals surface area contributed by atoms with Crippen molar-refractivity contribution < 1.29 is 0 Å². The third kappa shape index (κ3) is 5.21. The molecule has 2 aliphatic carbocycles. The van der Waals surface area contributed by atoms with Gasteiger partial charge in [-0.25, -0.2) is 0 Å². The largest absolute Gasteiger partial charge is 0.0766 e. The van der Waals surface area contributed by atoms with Crippen LogP contribution in [0.1, 0.15) is 87.5 Å². The molecule has 0 fully saturated rings. The molecule has 25 heavy (non-hydrogen) atoms. The molecule has 0 spiro atoms. The van der Waals surface area contributed by atoms with Gasteiger partial charge in [-0.05, 0) is 98.6 Å². The smallest absolute Gasteiger partial charge is 0.00621 e. The summed E-state index contributed by atoms with van der Waals surface area (Å²) in [6, 6.07) is 0. The second-order valence-electron chi connectivity index (χ2n) is 8.75. The van der Waals surface area contributed by atoms with E-state index >= 15 is 0 Å². The van der Waals surface area contributed by atoms with Crippen molar-refractivity contribution in [2.75, 3.05) is 0 Å². The summed E-state index contributed by atoms with van der Waals surface area (Å²) in [6.45, 7) is 18.1. The minimum absolute atomic E-state index is 1.13. The van der Waals surface area contributed by atoms with Gasteiger partial charge in [0.15, 0.2) is 0 Å². The number of hydrogen-bond donors (Lipinski definition) is 0. The van der Waals surface area contributed by atoms with E-state index in [-0.39, 0.29) is 0 Å².